The van der Waals surface area contributed by atoms with Crippen LogP contribution in [0, 0.1) is 5.92 Å². The molecule has 1 unspecified atom stereocenters. The van der Waals surface area contributed by atoms with E-state index in [0.717, 1.165) is 44.1 Å². The molecule has 0 aromatic heterocycles. The second kappa shape index (κ2) is 16.5. The predicted octanol–water partition coefficient (Wildman–Crippen LogP) is 8.16. The van der Waals surface area contributed by atoms with Crippen LogP contribution in [0.25, 0.3) is 0 Å². The van der Waals surface area contributed by atoms with Gasteiger partial charge >= 0.3 is 0 Å². The van der Waals surface area contributed by atoms with Crippen LogP contribution in [0.1, 0.15) is 80.1 Å². The first-order valence-corrected chi connectivity index (χ1v) is 14.4. The summed E-state index contributed by atoms with van der Waals surface area (Å²) in [5, 5.41) is 9.03. The van der Waals surface area contributed by atoms with E-state index in [1.165, 1.54) is 22.3 Å². The van der Waals surface area contributed by atoms with Gasteiger partial charge in [0.15, 0.2) is 9.84 Å². The average molecular weight is 499 g/mol. The Morgan fingerprint density at radius 1 is 0.771 bits per heavy atom. The monoisotopic (exact) mass is 498 g/mol. The molecule has 0 bridgehead atoms. The second-order valence-corrected chi connectivity index (χ2v) is 11.9. The summed E-state index contributed by atoms with van der Waals surface area (Å²) in [5.41, 5.74) is 6.23. The van der Waals surface area contributed by atoms with Crippen molar-refractivity contribution in [3.8, 4) is 0 Å². The Balaban J connectivity index is 2.70. The number of allylic oxidation sites excluding steroid dienone is 8. The van der Waals surface area contributed by atoms with Crippen LogP contribution in [0.15, 0.2) is 93.5 Å². The molecule has 194 valence electrons. The van der Waals surface area contributed by atoms with Crippen LogP contribution in [0.4, 0.5) is 0 Å². The van der Waals surface area contributed by atoms with Crippen LogP contribution in [-0.4, -0.2) is 25.9 Å². The lowest BCUT2D eigenvalue weighted by atomic mass is 9.90. The maximum atomic E-state index is 12.6. The fraction of sp³-hybridized carbons (Fsp3) is 0.484. The Hall–Kier alpha value is -2.17. The molecule has 0 aliphatic rings. The smallest absolute Gasteiger partial charge is 0.182 e. The first-order valence-electron chi connectivity index (χ1n) is 12.7. The lowest BCUT2D eigenvalue weighted by molar-refractivity contribution is 0.341. The topological polar surface area (TPSA) is 54.4 Å². The van der Waals surface area contributed by atoms with Crippen molar-refractivity contribution in [2.45, 2.75) is 85.0 Å². The Bertz CT molecular complexity index is 1020. The predicted molar refractivity (Wildman–Crippen MR) is 151 cm³/mol. The molecule has 1 aromatic carbocycles. The zero-order valence-corrected chi connectivity index (χ0v) is 23.5. The van der Waals surface area contributed by atoms with Gasteiger partial charge in [-0.05, 0) is 98.1 Å². The molecule has 1 atom stereocenters. The van der Waals surface area contributed by atoms with Crippen molar-refractivity contribution in [1.29, 1.82) is 0 Å². The van der Waals surface area contributed by atoms with Gasteiger partial charge in [-0.2, -0.15) is 0 Å². The van der Waals surface area contributed by atoms with Crippen LogP contribution in [0.3, 0.4) is 0 Å². The molecule has 0 aliphatic carbocycles. The highest BCUT2D eigenvalue weighted by molar-refractivity contribution is 7.91. The van der Waals surface area contributed by atoms with E-state index in [2.05, 4.69) is 58.9 Å². The van der Waals surface area contributed by atoms with Crippen molar-refractivity contribution in [2.75, 3.05) is 12.4 Å². The fourth-order valence-corrected chi connectivity index (χ4v) is 5.32. The highest BCUT2D eigenvalue weighted by atomic mass is 32.2. The molecule has 0 amide bonds. The lowest BCUT2D eigenvalue weighted by Gasteiger charge is -2.16. The summed E-state index contributed by atoms with van der Waals surface area (Å²) < 4.78 is 25.1. The van der Waals surface area contributed by atoms with E-state index in [1.807, 2.05) is 19.1 Å². The first-order chi connectivity index (χ1) is 16.5. The summed E-state index contributed by atoms with van der Waals surface area (Å²) in [6.45, 7) is 12.8. The van der Waals surface area contributed by atoms with Crippen molar-refractivity contribution in [2.24, 2.45) is 5.92 Å². The van der Waals surface area contributed by atoms with Gasteiger partial charge in [-0.3, -0.25) is 0 Å². The minimum Gasteiger partial charge on any atom is -0.392 e. The van der Waals surface area contributed by atoms with E-state index in [9.17, 15) is 8.42 Å². The number of benzene rings is 1. The molecule has 35 heavy (non-hydrogen) atoms. The third-order valence-corrected chi connectivity index (χ3v) is 8.03. The SMILES string of the molecule is CC(C)=CCC(C/C=C(\C)CC/C=C(\C)CS(=O)(=O)c1ccccc1)C(C)=CCCC(C)=CCO. The maximum absolute atomic E-state index is 12.6. The highest BCUT2D eigenvalue weighted by Crippen LogP contribution is 2.24. The third kappa shape index (κ3) is 13.5. The Kier molecular flexibility index (Phi) is 14.5. The van der Waals surface area contributed by atoms with Gasteiger partial charge in [0.1, 0.15) is 0 Å². The average Bonchev–Trinajstić information content (AvgIpc) is 2.79. The molecule has 0 radical (unpaired) electrons. The highest BCUT2D eigenvalue weighted by Gasteiger charge is 2.14. The van der Waals surface area contributed by atoms with Gasteiger partial charge in [-0.25, -0.2) is 8.42 Å². The van der Waals surface area contributed by atoms with Crippen molar-refractivity contribution in [3.05, 3.63) is 88.6 Å². The number of hydrogen-bond donors (Lipinski definition) is 1. The van der Waals surface area contributed by atoms with Crippen LogP contribution >= 0.6 is 0 Å². The molecule has 1 N–H and O–H groups in total. The summed E-state index contributed by atoms with van der Waals surface area (Å²) in [6, 6.07) is 8.67. The largest absolute Gasteiger partial charge is 0.392 e. The minimum atomic E-state index is -3.28. The lowest BCUT2D eigenvalue weighted by Crippen LogP contribution is -2.07. The quantitative estimate of drug-likeness (QED) is 0.248. The van der Waals surface area contributed by atoms with E-state index in [4.69, 9.17) is 5.11 Å². The summed E-state index contributed by atoms with van der Waals surface area (Å²) in [5.74, 6) is 0.553. The number of sulfone groups is 1. The van der Waals surface area contributed by atoms with Gasteiger partial charge in [-0.15, -0.1) is 0 Å². The van der Waals surface area contributed by atoms with Crippen LogP contribution in [-0.2, 0) is 9.84 Å². The van der Waals surface area contributed by atoms with Gasteiger partial charge in [0.2, 0.25) is 0 Å². The number of hydrogen-bond acceptors (Lipinski definition) is 3. The van der Waals surface area contributed by atoms with Crippen molar-refractivity contribution in [1.82, 2.24) is 0 Å². The maximum Gasteiger partial charge on any atom is 0.182 e. The zero-order chi connectivity index (χ0) is 26.3. The molecule has 4 heteroatoms. The van der Waals surface area contributed by atoms with Crippen molar-refractivity contribution in [3.63, 3.8) is 0 Å². The third-order valence-electron chi connectivity index (χ3n) is 6.20. The molecule has 0 saturated carbocycles. The molecule has 0 fully saturated rings. The Morgan fingerprint density at radius 3 is 1.94 bits per heavy atom. The second-order valence-electron chi connectivity index (χ2n) is 9.88. The standard InChI is InChI=1S/C31H46O3S/c1-25(2)18-20-30(29(6)15-11-13-27(4)22-23-32)21-19-26(3)12-10-14-28(5)24-35(33,34)31-16-8-7-9-17-31/h7-9,14-19,22,30,32H,10-13,20-21,23-24H2,1-6H3/b26-19+,27-22?,28-14+,29-15?. The molecular weight excluding hydrogens is 452 g/mol. The molecule has 0 heterocycles. The fourth-order valence-electron chi connectivity index (χ4n) is 3.86. The minimum absolute atomic E-state index is 0.0709. The van der Waals surface area contributed by atoms with E-state index < -0.39 is 9.84 Å². The molecule has 0 spiro atoms. The molecule has 1 rings (SSSR count). The van der Waals surface area contributed by atoms with E-state index in [0.29, 0.717) is 10.8 Å². The van der Waals surface area contributed by atoms with Crippen LogP contribution < -0.4 is 0 Å². The van der Waals surface area contributed by atoms with E-state index >= 15 is 0 Å². The van der Waals surface area contributed by atoms with E-state index in [1.54, 1.807) is 24.3 Å². The van der Waals surface area contributed by atoms with E-state index in [-0.39, 0.29) is 12.4 Å². The molecule has 1 aromatic rings. The Morgan fingerprint density at radius 2 is 1.34 bits per heavy atom. The summed E-state index contributed by atoms with van der Waals surface area (Å²) in [7, 11) is -3.28. The number of rotatable bonds is 15. The number of aliphatic hydroxyl groups excluding tert-OH is 1. The summed E-state index contributed by atoms with van der Waals surface area (Å²) in [4.78, 5) is 0.384. The van der Waals surface area contributed by atoms with Crippen LogP contribution in [0.2, 0.25) is 0 Å². The number of aliphatic hydroxyl groups is 1. The van der Waals surface area contributed by atoms with Gasteiger partial charge in [0, 0.05) is 0 Å². The normalized spacial score (nSPS) is 14.7. The summed E-state index contributed by atoms with van der Waals surface area (Å²) in [6.07, 6.45) is 16.8. The molecular formula is C31H46O3S. The Labute approximate surface area is 215 Å². The molecule has 0 saturated heterocycles. The van der Waals surface area contributed by atoms with Gasteiger partial charge in [0.25, 0.3) is 0 Å². The first kappa shape index (κ1) is 30.9. The zero-order valence-electron chi connectivity index (χ0n) is 22.7. The molecule has 3 nitrogen and oxygen atoms in total. The van der Waals surface area contributed by atoms with Crippen LogP contribution in [0.5, 0.6) is 0 Å². The van der Waals surface area contributed by atoms with Crippen molar-refractivity contribution < 1.29 is 13.5 Å². The van der Waals surface area contributed by atoms with Crippen molar-refractivity contribution >= 4 is 9.84 Å². The van der Waals surface area contributed by atoms with Gasteiger partial charge in [-0.1, -0.05) is 76.4 Å². The molecule has 0 aliphatic heterocycles. The van der Waals surface area contributed by atoms with Gasteiger partial charge in [0.05, 0.1) is 17.3 Å². The van der Waals surface area contributed by atoms with Gasteiger partial charge < -0.3 is 5.11 Å². The summed E-state index contributed by atoms with van der Waals surface area (Å²) >= 11 is 0.